The van der Waals surface area contributed by atoms with Crippen LogP contribution in [0.3, 0.4) is 0 Å². The number of esters is 1. The molecule has 0 saturated heterocycles. The number of unbranched alkanes of at least 4 members (excludes halogenated alkanes) is 1. The van der Waals surface area contributed by atoms with E-state index in [0.717, 1.165) is 6.42 Å². The molecule has 0 aliphatic heterocycles. The van der Waals surface area contributed by atoms with Crippen molar-refractivity contribution in [1.82, 2.24) is 0 Å². The minimum absolute atomic E-state index is 0.106. The Morgan fingerprint density at radius 1 is 1.39 bits per heavy atom. The zero-order valence-electron chi connectivity index (χ0n) is 10.2. The number of allylic oxidation sites excluding steroid dienone is 4. The van der Waals surface area contributed by atoms with Gasteiger partial charge in [-0.2, -0.15) is 0 Å². The minimum Gasteiger partial charge on any atom is -0.466 e. The Labute approximate surface area is 117 Å². The van der Waals surface area contributed by atoms with Gasteiger partial charge < -0.3 is 4.74 Å². The Bertz CT molecular complexity index is 386. The van der Waals surface area contributed by atoms with Gasteiger partial charge in [-0.25, -0.2) is 0 Å². The maximum Gasteiger partial charge on any atom is 0.305 e. The Morgan fingerprint density at radius 3 is 2.78 bits per heavy atom. The minimum atomic E-state index is -0.220. The quantitative estimate of drug-likeness (QED) is 0.555. The second-order valence-electron chi connectivity index (χ2n) is 4.04. The number of carbonyl (C=O) groups is 2. The van der Waals surface area contributed by atoms with E-state index in [1.165, 1.54) is 0 Å². The van der Waals surface area contributed by atoms with Crippen LogP contribution >= 0.6 is 23.2 Å². The lowest BCUT2D eigenvalue weighted by Crippen LogP contribution is -2.16. The van der Waals surface area contributed by atoms with Gasteiger partial charge in [0.1, 0.15) is 5.03 Å². The summed E-state index contributed by atoms with van der Waals surface area (Å²) in [5.74, 6) is -0.550. The summed E-state index contributed by atoms with van der Waals surface area (Å²) in [4.78, 5) is 22.9. The van der Waals surface area contributed by atoms with Crippen molar-refractivity contribution in [2.24, 2.45) is 5.92 Å². The van der Waals surface area contributed by atoms with Crippen molar-refractivity contribution in [2.45, 2.75) is 32.6 Å². The zero-order valence-corrected chi connectivity index (χ0v) is 11.8. The fourth-order valence-corrected chi connectivity index (χ4v) is 2.10. The Hall–Kier alpha value is -0.800. The predicted octanol–water partition coefficient (Wildman–Crippen LogP) is 3.55. The molecule has 1 unspecified atom stereocenters. The second kappa shape index (κ2) is 7.59. The molecule has 0 N–H and O–H groups in total. The summed E-state index contributed by atoms with van der Waals surface area (Å²) in [5, 5.41) is 0.402. The van der Waals surface area contributed by atoms with Gasteiger partial charge in [-0.15, -0.1) is 0 Å². The molecule has 0 amide bonds. The molecule has 1 rings (SSSR count). The average Bonchev–Trinajstić information content (AvgIpc) is 2.34. The molecule has 0 aromatic rings. The monoisotopic (exact) mass is 290 g/mol. The van der Waals surface area contributed by atoms with E-state index in [4.69, 9.17) is 27.9 Å². The van der Waals surface area contributed by atoms with Gasteiger partial charge in [0.05, 0.1) is 11.6 Å². The summed E-state index contributed by atoms with van der Waals surface area (Å²) in [7, 11) is 0. The van der Waals surface area contributed by atoms with Crippen molar-refractivity contribution < 1.29 is 14.3 Å². The molecule has 0 aromatic carbocycles. The van der Waals surface area contributed by atoms with Crippen LogP contribution in [-0.2, 0) is 14.3 Å². The highest BCUT2D eigenvalue weighted by Gasteiger charge is 2.23. The van der Waals surface area contributed by atoms with Crippen LogP contribution in [0.5, 0.6) is 0 Å². The number of ketones is 1. The summed E-state index contributed by atoms with van der Waals surface area (Å²) in [6.45, 7) is 2.18. The molecule has 5 heteroatoms. The van der Waals surface area contributed by atoms with E-state index in [2.05, 4.69) is 0 Å². The number of hydrogen-bond donors (Lipinski definition) is 0. The number of halogens is 2. The first-order valence-electron chi connectivity index (χ1n) is 5.99. The third-order valence-electron chi connectivity index (χ3n) is 2.69. The topological polar surface area (TPSA) is 43.4 Å². The molecule has 100 valence electrons. The zero-order chi connectivity index (χ0) is 13.5. The second-order valence-corrected chi connectivity index (χ2v) is 4.83. The highest BCUT2D eigenvalue weighted by molar-refractivity contribution is 6.49. The predicted molar refractivity (Wildman–Crippen MR) is 71.5 cm³/mol. The van der Waals surface area contributed by atoms with E-state index >= 15 is 0 Å². The lowest BCUT2D eigenvalue weighted by molar-refractivity contribution is -0.143. The van der Waals surface area contributed by atoms with Crippen LogP contribution in [0, 0.1) is 5.92 Å². The lowest BCUT2D eigenvalue weighted by Gasteiger charge is -2.15. The Balaban J connectivity index is 2.28. The van der Waals surface area contributed by atoms with Gasteiger partial charge >= 0.3 is 5.97 Å². The number of Topliss-reactive ketones (excluding diaryl/α,β-unsaturated/α-hetero) is 1. The van der Waals surface area contributed by atoms with E-state index in [1.54, 1.807) is 19.1 Å². The molecule has 1 atom stereocenters. The smallest absolute Gasteiger partial charge is 0.305 e. The van der Waals surface area contributed by atoms with Crippen molar-refractivity contribution in [3.8, 4) is 0 Å². The molecule has 18 heavy (non-hydrogen) atoms. The molecule has 1 aliphatic carbocycles. The number of hydrogen-bond acceptors (Lipinski definition) is 3. The molecule has 0 aromatic heterocycles. The van der Waals surface area contributed by atoms with E-state index in [1.807, 2.05) is 0 Å². The van der Waals surface area contributed by atoms with Gasteiger partial charge in [0.2, 0.25) is 0 Å². The summed E-state index contributed by atoms with van der Waals surface area (Å²) < 4.78 is 4.82. The molecule has 0 heterocycles. The van der Waals surface area contributed by atoms with Crippen molar-refractivity contribution in [3.63, 3.8) is 0 Å². The summed E-state index contributed by atoms with van der Waals surface area (Å²) in [6.07, 6.45) is 5.98. The van der Waals surface area contributed by atoms with Crippen molar-refractivity contribution >= 4 is 35.0 Å². The van der Waals surface area contributed by atoms with E-state index in [-0.39, 0.29) is 22.7 Å². The number of carbonyl (C=O) groups excluding carboxylic acids is 2. The largest absolute Gasteiger partial charge is 0.466 e. The number of rotatable bonds is 6. The molecular formula is C13H16Cl2O3. The average molecular weight is 291 g/mol. The normalized spacial score (nSPS) is 19.3. The van der Waals surface area contributed by atoms with Crippen LogP contribution in [0.15, 0.2) is 22.2 Å². The molecule has 1 aliphatic rings. The number of ether oxygens (including phenoxy) is 1. The maximum absolute atomic E-state index is 11.7. The van der Waals surface area contributed by atoms with E-state index < -0.39 is 0 Å². The molecule has 0 radical (unpaired) electrons. The van der Waals surface area contributed by atoms with Crippen LogP contribution in [0.25, 0.3) is 0 Å². The van der Waals surface area contributed by atoms with Crippen molar-refractivity contribution in [1.29, 1.82) is 0 Å². The van der Waals surface area contributed by atoms with E-state index in [9.17, 15) is 9.59 Å². The Morgan fingerprint density at radius 2 is 2.11 bits per heavy atom. The Kier molecular flexibility index (Phi) is 6.44. The highest BCUT2D eigenvalue weighted by atomic mass is 35.5. The van der Waals surface area contributed by atoms with Crippen LogP contribution in [-0.4, -0.2) is 18.4 Å². The van der Waals surface area contributed by atoms with Gasteiger partial charge in [-0.3, -0.25) is 9.59 Å². The van der Waals surface area contributed by atoms with Crippen LogP contribution in [0.2, 0.25) is 0 Å². The SMILES string of the molecule is CCOC(=O)CCCCC1C=CC(Cl)=C(Cl)C1=O. The molecule has 0 fully saturated rings. The molecule has 0 saturated carbocycles. The summed E-state index contributed by atoms with van der Waals surface area (Å²) >= 11 is 11.5. The van der Waals surface area contributed by atoms with Gasteiger partial charge in [0.15, 0.2) is 5.78 Å². The molecule has 0 spiro atoms. The van der Waals surface area contributed by atoms with Crippen LogP contribution in [0.1, 0.15) is 32.6 Å². The summed E-state index contributed by atoms with van der Waals surface area (Å²) in [5.41, 5.74) is 0. The summed E-state index contributed by atoms with van der Waals surface area (Å²) in [6, 6.07) is 0. The third kappa shape index (κ3) is 4.46. The highest BCUT2D eigenvalue weighted by Crippen LogP contribution is 2.28. The first-order chi connectivity index (χ1) is 8.56. The van der Waals surface area contributed by atoms with Crippen LogP contribution < -0.4 is 0 Å². The van der Waals surface area contributed by atoms with Gasteiger partial charge in [0, 0.05) is 12.3 Å². The molecular weight excluding hydrogens is 275 g/mol. The molecule has 0 bridgehead atoms. The first-order valence-corrected chi connectivity index (χ1v) is 6.75. The van der Waals surface area contributed by atoms with Crippen LogP contribution in [0.4, 0.5) is 0 Å². The van der Waals surface area contributed by atoms with Crippen molar-refractivity contribution in [2.75, 3.05) is 6.61 Å². The van der Waals surface area contributed by atoms with Gasteiger partial charge in [0.25, 0.3) is 0 Å². The van der Waals surface area contributed by atoms with Gasteiger partial charge in [-0.1, -0.05) is 35.7 Å². The first kappa shape index (κ1) is 15.3. The van der Waals surface area contributed by atoms with Gasteiger partial charge in [-0.05, 0) is 25.8 Å². The van der Waals surface area contributed by atoms with Crippen molar-refractivity contribution in [3.05, 3.63) is 22.2 Å². The third-order valence-corrected chi connectivity index (χ3v) is 3.49. The van der Waals surface area contributed by atoms with E-state index in [0.29, 0.717) is 30.9 Å². The molecule has 3 nitrogen and oxygen atoms in total. The standard InChI is InChI=1S/C13H16Cl2O3/c1-2-18-11(16)6-4-3-5-9-7-8-10(14)12(15)13(9)17/h7-9H,2-6H2,1H3. The fraction of sp³-hybridized carbons (Fsp3) is 0.538. The maximum atomic E-state index is 11.7. The lowest BCUT2D eigenvalue weighted by atomic mass is 9.93. The fourth-order valence-electron chi connectivity index (χ4n) is 1.74.